The molecule has 0 radical (unpaired) electrons. The van der Waals surface area contributed by atoms with Crippen LogP contribution in [0.25, 0.3) is 16.8 Å². The molecule has 4 rings (SSSR count). The third-order valence-corrected chi connectivity index (χ3v) is 4.96. The maximum atomic E-state index is 14.4. The minimum absolute atomic E-state index is 0.0147. The lowest BCUT2D eigenvalue weighted by molar-refractivity contribution is -0.140. The van der Waals surface area contributed by atoms with Gasteiger partial charge in [-0.15, -0.1) is 0 Å². The summed E-state index contributed by atoms with van der Waals surface area (Å²) in [5, 5.41) is 5.72. The number of carbonyl (C=O) groups excluding carboxylic acids is 1. The number of carbonyl (C=O) groups is 1. The second-order valence-electron chi connectivity index (χ2n) is 7.05. The van der Waals surface area contributed by atoms with Gasteiger partial charge in [-0.1, -0.05) is 36.4 Å². The molecule has 7 nitrogen and oxygen atoms in total. The molecule has 0 atom stereocenters. The lowest BCUT2D eigenvalue weighted by Crippen LogP contribution is -2.29. The van der Waals surface area contributed by atoms with Crippen molar-refractivity contribution in [1.82, 2.24) is 14.6 Å². The van der Waals surface area contributed by atoms with E-state index in [-0.39, 0.29) is 33.9 Å². The zero-order valence-electron chi connectivity index (χ0n) is 17.2. The van der Waals surface area contributed by atoms with Crippen molar-refractivity contribution in [2.24, 2.45) is 0 Å². The maximum absolute atomic E-state index is 14.4. The van der Waals surface area contributed by atoms with Gasteiger partial charge in [-0.25, -0.2) is 4.39 Å². The van der Waals surface area contributed by atoms with Crippen LogP contribution in [-0.4, -0.2) is 27.6 Å². The van der Waals surface area contributed by atoms with Crippen LogP contribution >= 0.6 is 0 Å². The van der Waals surface area contributed by atoms with Gasteiger partial charge in [0.25, 0.3) is 11.5 Å². The number of nitrogens with zero attached hydrogens (tertiary/aromatic N) is 2. The summed E-state index contributed by atoms with van der Waals surface area (Å²) in [6.45, 7) is 1.35. The predicted octanol–water partition coefficient (Wildman–Crippen LogP) is 4.42. The molecule has 33 heavy (non-hydrogen) atoms. The summed E-state index contributed by atoms with van der Waals surface area (Å²) in [4.78, 5) is 28.5. The van der Waals surface area contributed by atoms with Crippen molar-refractivity contribution in [3.8, 4) is 16.9 Å². The molecule has 170 valence electrons. The summed E-state index contributed by atoms with van der Waals surface area (Å²) in [6, 6.07) is 11.6. The van der Waals surface area contributed by atoms with E-state index in [0.717, 1.165) is 0 Å². The third-order valence-electron chi connectivity index (χ3n) is 4.96. The summed E-state index contributed by atoms with van der Waals surface area (Å²) in [5.41, 5.74) is -3.52. The Balaban J connectivity index is 1.89. The number of aromatic amines is 1. The molecular weight excluding hydrogens is 444 g/mol. The number of fused-ring (bicyclic) bond motifs is 1. The first kappa shape index (κ1) is 22.1. The molecule has 0 aliphatic heterocycles. The molecule has 11 heteroatoms. The van der Waals surface area contributed by atoms with Crippen LogP contribution in [0.3, 0.4) is 0 Å². The van der Waals surface area contributed by atoms with Crippen LogP contribution in [0.5, 0.6) is 5.75 Å². The van der Waals surface area contributed by atoms with E-state index >= 15 is 0 Å². The molecule has 0 fully saturated rings. The van der Waals surface area contributed by atoms with Gasteiger partial charge in [0, 0.05) is 5.69 Å². The molecule has 0 aliphatic carbocycles. The lowest BCUT2D eigenvalue weighted by atomic mass is 10.1. The molecule has 0 saturated carbocycles. The number of methoxy groups -OCH3 is 1. The van der Waals surface area contributed by atoms with Crippen molar-refractivity contribution >= 4 is 17.2 Å². The predicted molar refractivity (Wildman–Crippen MR) is 112 cm³/mol. The highest BCUT2D eigenvalue weighted by Crippen LogP contribution is 2.38. The van der Waals surface area contributed by atoms with Crippen LogP contribution in [0.15, 0.2) is 53.3 Å². The quantitative estimate of drug-likeness (QED) is 0.442. The van der Waals surface area contributed by atoms with Crippen LogP contribution in [-0.2, 0) is 6.18 Å². The number of hydrogen-bond donors (Lipinski definition) is 2. The molecule has 2 N–H and O–H groups in total. The van der Waals surface area contributed by atoms with E-state index < -0.39 is 34.7 Å². The summed E-state index contributed by atoms with van der Waals surface area (Å²) in [7, 11) is 1.24. The fourth-order valence-electron chi connectivity index (χ4n) is 3.48. The van der Waals surface area contributed by atoms with Gasteiger partial charge in [-0.05, 0) is 24.6 Å². The first-order valence-electron chi connectivity index (χ1n) is 9.55. The van der Waals surface area contributed by atoms with E-state index in [9.17, 15) is 27.2 Å². The fourth-order valence-corrected chi connectivity index (χ4v) is 3.48. The number of ether oxygens (including phenoxy) is 1. The summed E-state index contributed by atoms with van der Waals surface area (Å²) in [6.07, 6.45) is -4.86. The average molecular weight is 460 g/mol. The molecule has 0 saturated heterocycles. The van der Waals surface area contributed by atoms with Crippen molar-refractivity contribution in [1.29, 1.82) is 0 Å². The van der Waals surface area contributed by atoms with Gasteiger partial charge in [0.2, 0.25) is 0 Å². The van der Waals surface area contributed by atoms with Gasteiger partial charge < -0.3 is 15.0 Å². The first-order chi connectivity index (χ1) is 15.6. The lowest BCUT2D eigenvalue weighted by Gasteiger charge is -2.11. The number of amides is 1. The van der Waals surface area contributed by atoms with E-state index in [4.69, 9.17) is 4.74 Å². The van der Waals surface area contributed by atoms with Crippen molar-refractivity contribution in [3.63, 3.8) is 0 Å². The molecule has 2 aromatic carbocycles. The summed E-state index contributed by atoms with van der Waals surface area (Å²) in [5.74, 6) is -2.02. The van der Waals surface area contributed by atoms with Gasteiger partial charge in [0.05, 0.1) is 18.4 Å². The fraction of sp³-hybridized carbons (Fsp3) is 0.136. The standard InChI is InChI=1S/C22H16F4N4O3/c1-11-15(20(31)28-13-9-6-10-14(33-2)17(13)23)21(32)30-19(27-11)16(12-7-4-3-5-8-12)18(29-30)22(24,25)26/h3-10,27H,1-2H3,(H,28,31). The molecule has 2 aromatic heterocycles. The Morgan fingerprint density at radius 3 is 2.45 bits per heavy atom. The van der Waals surface area contributed by atoms with E-state index in [1.54, 1.807) is 18.2 Å². The number of benzene rings is 2. The van der Waals surface area contributed by atoms with Gasteiger partial charge in [-0.2, -0.15) is 22.8 Å². The Labute approximate surface area is 183 Å². The Morgan fingerprint density at radius 2 is 1.82 bits per heavy atom. The Bertz CT molecular complexity index is 1430. The molecule has 1 amide bonds. The second-order valence-corrected chi connectivity index (χ2v) is 7.05. The zero-order chi connectivity index (χ0) is 23.9. The zero-order valence-corrected chi connectivity index (χ0v) is 17.2. The first-order valence-corrected chi connectivity index (χ1v) is 9.55. The molecule has 0 aliphatic rings. The number of rotatable bonds is 4. The number of aryl methyl sites for hydroxylation is 1. The van der Waals surface area contributed by atoms with Crippen molar-refractivity contribution < 1.29 is 27.1 Å². The van der Waals surface area contributed by atoms with E-state index in [0.29, 0.717) is 4.52 Å². The maximum Gasteiger partial charge on any atom is 0.435 e. The van der Waals surface area contributed by atoms with Gasteiger partial charge in [0.1, 0.15) is 11.2 Å². The number of halogens is 4. The average Bonchev–Trinajstić information content (AvgIpc) is 3.16. The number of aromatic nitrogens is 3. The smallest absolute Gasteiger partial charge is 0.435 e. The van der Waals surface area contributed by atoms with Gasteiger partial charge >= 0.3 is 6.18 Å². The highest BCUT2D eigenvalue weighted by atomic mass is 19.4. The number of nitrogens with one attached hydrogen (secondary N) is 2. The SMILES string of the molecule is COc1cccc(NC(=O)c2c(C)[nH]c3c(-c4ccccc4)c(C(F)(F)F)nn3c2=O)c1F. The summed E-state index contributed by atoms with van der Waals surface area (Å²) >= 11 is 0. The highest BCUT2D eigenvalue weighted by Gasteiger charge is 2.39. The highest BCUT2D eigenvalue weighted by molar-refractivity contribution is 6.05. The molecule has 4 aromatic rings. The Morgan fingerprint density at radius 1 is 1.12 bits per heavy atom. The van der Waals surface area contributed by atoms with E-state index in [1.165, 1.54) is 44.4 Å². The largest absolute Gasteiger partial charge is 0.494 e. The third kappa shape index (κ3) is 3.81. The van der Waals surface area contributed by atoms with E-state index in [2.05, 4.69) is 15.4 Å². The van der Waals surface area contributed by atoms with E-state index in [1.807, 2.05) is 0 Å². The minimum Gasteiger partial charge on any atom is -0.494 e. The Kier molecular flexibility index (Phi) is 5.40. The van der Waals surface area contributed by atoms with Crippen LogP contribution < -0.4 is 15.6 Å². The normalized spacial score (nSPS) is 11.6. The number of hydrogen-bond acceptors (Lipinski definition) is 4. The summed E-state index contributed by atoms with van der Waals surface area (Å²) < 4.78 is 61.0. The van der Waals surface area contributed by atoms with Gasteiger partial charge in [-0.3, -0.25) is 9.59 Å². The molecule has 0 spiro atoms. The monoisotopic (exact) mass is 460 g/mol. The number of H-pyrrole nitrogens is 1. The second kappa shape index (κ2) is 8.08. The molecular formula is C22H16F4N4O3. The minimum atomic E-state index is -4.86. The van der Waals surface area contributed by atoms with Crippen LogP contribution in [0.4, 0.5) is 23.2 Å². The van der Waals surface area contributed by atoms with Crippen LogP contribution in [0.2, 0.25) is 0 Å². The van der Waals surface area contributed by atoms with Crippen molar-refractivity contribution in [2.45, 2.75) is 13.1 Å². The van der Waals surface area contributed by atoms with Gasteiger partial charge in [0.15, 0.2) is 17.3 Å². The number of alkyl halides is 3. The van der Waals surface area contributed by atoms with Crippen LogP contribution in [0, 0.1) is 12.7 Å². The van der Waals surface area contributed by atoms with Crippen molar-refractivity contribution in [3.05, 3.63) is 81.7 Å². The topological polar surface area (TPSA) is 88.5 Å². The van der Waals surface area contributed by atoms with Crippen LogP contribution in [0.1, 0.15) is 21.7 Å². The molecule has 0 bridgehead atoms. The number of anilines is 1. The Hall–Kier alpha value is -4.15. The van der Waals surface area contributed by atoms with Crippen molar-refractivity contribution in [2.75, 3.05) is 12.4 Å². The molecule has 2 heterocycles. The molecule has 0 unspecified atom stereocenters.